The predicted molar refractivity (Wildman–Crippen MR) is 121 cm³/mol. The molecule has 0 atom stereocenters. The van der Waals surface area contributed by atoms with E-state index in [0.717, 1.165) is 48.3 Å². The average molecular weight is 414 g/mol. The Morgan fingerprint density at radius 1 is 1.31 bits per heavy atom. The van der Waals surface area contributed by atoms with Gasteiger partial charge in [0.05, 0.1) is 12.2 Å². The number of carbonyl (C=O) groups excluding carboxylic acids is 1. The fourth-order valence-corrected chi connectivity index (χ4v) is 4.21. The monoisotopic (exact) mass is 413 g/mol. The van der Waals surface area contributed by atoms with Gasteiger partial charge in [-0.15, -0.1) is 11.3 Å². The summed E-state index contributed by atoms with van der Waals surface area (Å²) in [6.07, 6.45) is 2.26. The summed E-state index contributed by atoms with van der Waals surface area (Å²) in [5, 5.41) is 9.72. The van der Waals surface area contributed by atoms with Gasteiger partial charge in [-0.25, -0.2) is 9.98 Å². The molecule has 6 nitrogen and oxygen atoms in total. The zero-order chi connectivity index (χ0) is 20.6. The van der Waals surface area contributed by atoms with Gasteiger partial charge in [0.2, 0.25) is 5.91 Å². The standard InChI is InChI=1S/C22H31N5OS/c1-4-23-22(25-14-20-26-18(15-29-20)16(2)3)24-12-7-10-21(28)27-13-11-17-8-5-6-9-19(17)27/h5-6,8-9,15-16H,4,7,10-14H2,1-3H3,(H2,23,24,25). The molecule has 0 unspecified atom stereocenters. The Bertz CT molecular complexity index is 845. The lowest BCUT2D eigenvalue weighted by atomic mass is 10.2. The van der Waals surface area contributed by atoms with Gasteiger partial charge in [-0.3, -0.25) is 4.79 Å². The highest BCUT2D eigenvalue weighted by Crippen LogP contribution is 2.28. The Hall–Kier alpha value is -2.41. The Morgan fingerprint density at radius 2 is 2.14 bits per heavy atom. The second kappa shape index (κ2) is 10.4. The van der Waals surface area contributed by atoms with Gasteiger partial charge in [0.25, 0.3) is 0 Å². The molecule has 1 aliphatic heterocycles. The second-order valence-corrected chi connectivity index (χ2v) is 8.41. The molecule has 0 saturated heterocycles. The summed E-state index contributed by atoms with van der Waals surface area (Å²) in [6, 6.07) is 8.18. The molecule has 156 valence electrons. The second-order valence-electron chi connectivity index (χ2n) is 7.47. The van der Waals surface area contributed by atoms with Crippen molar-refractivity contribution in [2.24, 2.45) is 4.99 Å². The van der Waals surface area contributed by atoms with Crippen molar-refractivity contribution in [3.63, 3.8) is 0 Å². The fraction of sp³-hybridized carbons (Fsp3) is 0.500. The van der Waals surface area contributed by atoms with Crippen LogP contribution < -0.4 is 15.5 Å². The normalized spacial score (nSPS) is 13.7. The number of nitrogens with one attached hydrogen (secondary N) is 2. The lowest BCUT2D eigenvalue weighted by molar-refractivity contribution is -0.118. The van der Waals surface area contributed by atoms with E-state index in [1.165, 1.54) is 5.56 Å². The van der Waals surface area contributed by atoms with Gasteiger partial charge in [0.15, 0.2) is 5.96 Å². The molecule has 1 aliphatic rings. The first kappa shape index (κ1) is 21.3. The number of para-hydroxylation sites is 1. The van der Waals surface area contributed by atoms with E-state index in [0.29, 0.717) is 25.4 Å². The summed E-state index contributed by atoms with van der Waals surface area (Å²) in [5.74, 6) is 1.41. The van der Waals surface area contributed by atoms with Gasteiger partial charge >= 0.3 is 0 Å². The number of nitrogens with zero attached hydrogens (tertiary/aromatic N) is 3. The van der Waals surface area contributed by atoms with Crippen molar-refractivity contribution in [1.82, 2.24) is 15.6 Å². The minimum absolute atomic E-state index is 0.197. The molecule has 0 radical (unpaired) electrons. The van der Waals surface area contributed by atoms with E-state index in [1.807, 2.05) is 30.0 Å². The predicted octanol–water partition coefficient (Wildman–Crippen LogP) is 3.69. The van der Waals surface area contributed by atoms with Crippen LogP contribution in [0.5, 0.6) is 0 Å². The molecule has 1 aromatic heterocycles. The first-order valence-electron chi connectivity index (χ1n) is 10.4. The number of aliphatic imine (C=N–C) groups is 1. The van der Waals surface area contributed by atoms with Crippen molar-refractivity contribution >= 4 is 28.9 Å². The number of rotatable bonds is 8. The van der Waals surface area contributed by atoms with Crippen LogP contribution in [0, 0.1) is 0 Å². The Balaban J connectivity index is 1.45. The summed E-state index contributed by atoms with van der Waals surface area (Å²) in [4.78, 5) is 23.8. The van der Waals surface area contributed by atoms with Crippen molar-refractivity contribution in [2.75, 3.05) is 24.5 Å². The maximum atomic E-state index is 12.6. The fourth-order valence-electron chi connectivity index (χ4n) is 3.33. The van der Waals surface area contributed by atoms with E-state index in [1.54, 1.807) is 11.3 Å². The minimum Gasteiger partial charge on any atom is -0.357 e. The molecule has 0 bridgehead atoms. The van der Waals surface area contributed by atoms with Crippen LogP contribution in [0.15, 0.2) is 34.6 Å². The number of hydrogen-bond acceptors (Lipinski definition) is 4. The van der Waals surface area contributed by atoms with Gasteiger partial charge in [-0.1, -0.05) is 32.0 Å². The van der Waals surface area contributed by atoms with Gasteiger partial charge in [-0.2, -0.15) is 0 Å². The molecule has 2 heterocycles. The molecule has 2 N–H and O–H groups in total. The van der Waals surface area contributed by atoms with E-state index < -0.39 is 0 Å². The van der Waals surface area contributed by atoms with Crippen LogP contribution in [0.2, 0.25) is 0 Å². The van der Waals surface area contributed by atoms with Crippen molar-refractivity contribution in [3.05, 3.63) is 45.9 Å². The van der Waals surface area contributed by atoms with E-state index in [2.05, 4.69) is 45.9 Å². The van der Waals surface area contributed by atoms with Gasteiger partial charge in [-0.05, 0) is 37.3 Å². The molecule has 3 rings (SSSR count). The average Bonchev–Trinajstić information content (AvgIpc) is 3.36. The van der Waals surface area contributed by atoms with Gasteiger partial charge in [0.1, 0.15) is 5.01 Å². The number of carbonyl (C=O) groups is 1. The lowest BCUT2D eigenvalue weighted by Gasteiger charge is -2.17. The van der Waals surface area contributed by atoms with E-state index in [9.17, 15) is 4.79 Å². The van der Waals surface area contributed by atoms with Crippen LogP contribution >= 0.6 is 11.3 Å². The zero-order valence-corrected chi connectivity index (χ0v) is 18.4. The van der Waals surface area contributed by atoms with Crippen molar-refractivity contribution in [3.8, 4) is 0 Å². The summed E-state index contributed by atoms with van der Waals surface area (Å²) in [7, 11) is 0. The first-order chi connectivity index (χ1) is 14.1. The van der Waals surface area contributed by atoms with Crippen LogP contribution in [0.1, 0.15) is 55.8 Å². The molecular formula is C22H31N5OS. The number of guanidine groups is 1. The summed E-state index contributed by atoms with van der Waals surface area (Å²) in [6.45, 7) is 9.21. The molecule has 1 aromatic carbocycles. The van der Waals surface area contributed by atoms with Crippen LogP contribution in [0.3, 0.4) is 0 Å². The zero-order valence-electron chi connectivity index (χ0n) is 17.6. The third kappa shape index (κ3) is 5.79. The first-order valence-corrected chi connectivity index (χ1v) is 11.3. The maximum absolute atomic E-state index is 12.6. The molecule has 29 heavy (non-hydrogen) atoms. The number of fused-ring (bicyclic) bond motifs is 1. The Kier molecular flexibility index (Phi) is 7.63. The minimum atomic E-state index is 0.197. The Labute approximate surface area is 177 Å². The van der Waals surface area contributed by atoms with E-state index in [4.69, 9.17) is 0 Å². The SMILES string of the molecule is CCNC(=NCc1nc(C(C)C)cs1)NCCCC(=O)N1CCc2ccccc21. The van der Waals surface area contributed by atoms with Crippen molar-refractivity contribution < 1.29 is 4.79 Å². The van der Waals surface area contributed by atoms with Crippen LogP contribution in [-0.2, 0) is 17.8 Å². The number of aromatic nitrogens is 1. The largest absolute Gasteiger partial charge is 0.357 e. The number of amides is 1. The molecule has 1 amide bonds. The van der Waals surface area contributed by atoms with Crippen LogP contribution in [0.25, 0.3) is 0 Å². The number of hydrogen-bond donors (Lipinski definition) is 2. The molecular weight excluding hydrogens is 382 g/mol. The summed E-state index contributed by atoms with van der Waals surface area (Å²) in [5.41, 5.74) is 3.47. The third-order valence-electron chi connectivity index (χ3n) is 4.93. The molecule has 0 spiro atoms. The molecule has 0 fully saturated rings. The lowest BCUT2D eigenvalue weighted by Crippen LogP contribution is -2.38. The molecule has 0 aliphatic carbocycles. The number of thiazole rings is 1. The maximum Gasteiger partial charge on any atom is 0.227 e. The smallest absolute Gasteiger partial charge is 0.227 e. The molecule has 7 heteroatoms. The van der Waals surface area contributed by atoms with Crippen molar-refractivity contribution in [1.29, 1.82) is 0 Å². The van der Waals surface area contributed by atoms with Crippen molar-refractivity contribution in [2.45, 2.75) is 52.5 Å². The third-order valence-corrected chi connectivity index (χ3v) is 5.78. The summed E-state index contributed by atoms with van der Waals surface area (Å²) < 4.78 is 0. The molecule has 0 saturated carbocycles. The number of anilines is 1. The van der Waals surface area contributed by atoms with Crippen LogP contribution in [0.4, 0.5) is 5.69 Å². The Morgan fingerprint density at radius 3 is 2.90 bits per heavy atom. The highest BCUT2D eigenvalue weighted by Gasteiger charge is 2.23. The van der Waals surface area contributed by atoms with Gasteiger partial charge in [0, 0.05) is 37.1 Å². The van der Waals surface area contributed by atoms with Gasteiger partial charge < -0.3 is 15.5 Å². The number of benzene rings is 1. The van der Waals surface area contributed by atoms with E-state index >= 15 is 0 Å². The summed E-state index contributed by atoms with van der Waals surface area (Å²) >= 11 is 1.65. The quantitative estimate of drug-likeness (QED) is 0.393. The molecule has 2 aromatic rings. The van der Waals surface area contributed by atoms with Crippen LogP contribution in [-0.4, -0.2) is 36.5 Å². The highest BCUT2D eigenvalue weighted by atomic mass is 32.1. The highest BCUT2D eigenvalue weighted by molar-refractivity contribution is 7.09. The van der Waals surface area contributed by atoms with E-state index in [-0.39, 0.29) is 5.91 Å². The topological polar surface area (TPSA) is 69.6 Å².